The lowest BCUT2D eigenvalue weighted by atomic mass is 10.1. The molecule has 36 heavy (non-hydrogen) atoms. The molecule has 12 heteroatoms. The van der Waals surface area contributed by atoms with Crippen molar-refractivity contribution in [1.82, 2.24) is 34.1 Å². The van der Waals surface area contributed by atoms with Gasteiger partial charge in [0.15, 0.2) is 23.8 Å². The number of nitrogens with zero attached hydrogens (tertiary/aromatic N) is 7. The quantitative estimate of drug-likeness (QED) is 0.366. The predicted molar refractivity (Wildman–Crippen MR) is 127 cm³/mol. The van der Waals surface area contributed by atoms with Gasteiger partial charge < -0.3 is 18.8 Å². The van der Waals surface area contributed by atoms with Gasteiger partial charge in [-0.3, -0.25) is 0 Å². The highest BCUT2D eigenvalue weighted by atomic mass is 19.3. The number of imidazole rings is 2. The van der Waals surface area contributed by atoms with Gasteiger partial charge in [0.2, 0.25) is 5.88 Å². The molecule has 0 unspecified atom stereocenters. The van der Waals surface area contributed by atoms with E-state index in [1.165, 1.54) is 47.0 Å². The van der Waals surface area contributed by atoms with Gasteiger partial charge in [0.05, 0.1) is 5.56 Å². The molecule has 0 saturated carbocycles. The lowest BCUT2D eigenvalue weighted by molar-refractivity contribution is -0.0562. The van der Waals surface area contributed by atoms with Crippen LogP contribution in [0.15, 0.2) is 37.1 Å². The maximum Gasteiger partial charge on any atom is 0.337 e. The Labute approximate surface area is 207 Å². The van der Waals surface area contributed by atoms with Crippen LogP contribution in [0.3, 0.4) is 0 Å². The summed E-state index contributed by atoms with van der Waals surface area (Å²) in [5.74, 6) is -3.40. The molecule has 0 N–H and O–H groups in total. The van der Waals surface area contributed by atoms with E-state index in [0.717, 1.165) is 0 Å². The Morgan fingerprint density at radius 1 is 0.917 bits per heavy atom. The highest BCUT2D eigenvalue weighted by molar-refractivity contribution is 5.68. The zero-order chi connectivity index (χ0) is 26.3. The van der Waals surface area contributed by atoms with E-state index < -0.39 is 29.6 Å². The molecule has 10 nitrogen and oxygen atoms in total. The van der Waals surface area contributed by atoms with Crippen molar-refractivity contribution in [2.24, 2.45) is 7.05 Å². The third kappa shape index (κ3) is 5.69. The lowest BCUT2D eigenvalue weighted by Crippen LogP contribution is -2.27. The Morgan fingerprint density at radius 3 is 2.25 bits per heavy atom. The number of alkyl halides is 2. The maximum absolute atomic E-state index is 14.8. The van der Waals surface area contributed by atoms with Crippen molar-refractivity contribution < 1.29 is 23.0 Å². The molecule has 192 valence electrons. The molecule has 4 aromatic heterocycles. The number of aromatic nitrogens is 7. The van der Waals surface area contributed by atoms with Crippen molar-refractivity contribution in [3.05, 3.63) is 42.9 Å². The molecular formula is C24H29F2N7O3. The van der Waals surface area contributed by atoms with E-state index in [-0.39, 0.29) is 23.3 Å². The van der Waals surface area contributed by atoms with Crippen LogP contribution < -0.4 is 14.2 Å². The molecule has 0 fully saturated rings. The Hall–Kier alpha value is -3.83. The highest BCUT2D eigenvalue weighted by Crippen LogP contribution is 2.35. The molecule has 0 amide bonds. The summed E-state index contributed by atoms with van der Waals surface area (Å²) >= 11 is 0. The van der Waals surface area contributed by atoms with Gasteiger partial charge in [-0.2, -0.15) is 18.9 Å². The number of halogens is 2. The molecule has 0 aliphatic heterocycles. The smallest absolute Gasteiger partial charge is 0.337 e. The molecule has 4 rings (SSSR count). The van der Waals surface area contributed by atoms with Crippen LogP contribution in [0.1, 0.15) is 47.4 Å². The molecule has 0 aliphatic rings. The van der Waals surface area contributed by atoms with Crippen LogP contribution in [0.4, 0.5) is 8.78 Å². The van der Waals surface area contributed by atoms with E-state index in [1.807, 2.05) is 41.5 Å². The van der Waals surface area contributed by atoms with Gasteiger partial charge >= 0.3 is 11.9 Å². The second-order valence-electron chi connectivity index (χ2n) is 10.2. The van der Waals surface area contributed by atoms with Crippen molar-refractivity contribution >= 4 is 5.65 Å². The first-order valence-corrected chi connectivity index (χ1v) is 11.3. The predicted octanol–water partition coefficient (Wildman–Crippen LogP) is 4.45. The van der Waals surface area contributed by atoms with Gasteiger partial charge in [-0.15, -0.1) is 0 Å². The summed E-state index contributed by atoms with van der Waals surface area (Å²) in [5.41, 5.74) is -0.0559. The van der Waals surface area contributed by atoms with Gasteiger partial charge in [0, 0.05) is 44.1 Å². The molecule has 0 aromatic carbocycles. The first kappa shape index (κ1) is 25.3. The number of hydrogen-bond donors (Lipinski definition) is 0. The standard InChI is InChI=1S/C24H29F2N7O3/c1-22(2,3)35-19-15(13-29-21(30-19)36-23(4,5)6)16-12-17(18-27-9-11-33(18)31-16)34-14-24(25,26)20-28-8-10-32(20)7/h8-13H,14H2,1-7H3. The van der Waals surface area contributed by atoms with Crippen molar-refractivity contribution in [2.75, 3.05) is 6.61 Å². The van der Waals surface area contributed by atoms with E-state index in [0.29, 0.717) is 11.3 Å². The molecule has 0 radical (unpaired) electrons. The zero-order valence-corrected chi connectivity index (χ0v) is 21.3. The maximum atomic E-state index is 14.8. The van der Waals surface area contributed by atoms with Crippen LogP contribution >= 0.6 is 0 Å². The molecule has 0 atom stereocenters. The third-order valence-electron chi connectivity index (χ3n) is 4.69. The normalized spacial score (nSPS) is 12.7. The largest absolute Gasteiger partial charge is 0.483 e. The van der Waals surface area contributed by atoms with E-state index in [2.05, 4.69) is 25.0 Å². The molecular weight excluding hydrogens is 472 g/mol. The topological polar surface area (TPSA) is 101 Å². The summed E-state index contributed by atoms with van der Waals surface area (Å²) in [6.45, 7) is 10.3. The molecule has 0 saturated heterocycles. The highest BCUT2D eigenvalue weighted by Gasteiger charge is 2.37. The summed E-state index contributed by atoms with van der Waals surface area (Å²) in [7, 11) is 1.50. The second kappa shape index (κ2) is 8.99. The third-order valence-corrected chi connectivity index (χ3v) is 4.69. The Morgan fingerprint density at radius 2 is 1.61 bits per heavy atom. The minimum atomic E-state index is -3.33. The van der Waals surface area contributed by atoms with E-state index in [4.69, 9.17) is 14.2 Å². The number of fused-ring (bicyclic) bond motifs is 1. The van der Waals surface area contributed by atoms with Gasteiger partial charge in [-0.05, 0) is 41.5 Å². The van der Waals surface area contributed by atoms with Gasteiger partial charge in [-0.1, -0.05) is 0 Å². The van der Waals surface area contributed by atoms with Crippen LogP contribution in [0.5, 0.6) is 17.6 Å². The Balaban J connectivity index is 1.74. The lowest BCUT2D eigenvalue weighted by Gasteiger charge is -2.24. The second-order valence-corrected chi connectivity index (χ2v) is 10.2. The monoisotopic (exact) mass is 501 g/mol. The summed E-state index contributed by atoms with van der Waals surface area (Å²) in [6, 6.07) is 1.65. The van der Waals surface area contributed by atoms with E-state index >= 15 is 0 Å². The van der Waals surface area contributed by atoms with Gasteiger partial charge in [-0.25, -0.2) is 19.5 Å². The van der Waals surface area contributed by atoms with Crippen LogP contribution in [0, 0.1) is 0 Å². The average Bonchev–Trinajstić information content (AvgIpc) is 3.39. The van der Waals surface area contributed by atoms with E-state index in [1.54, 1.807) is 6.20 Å². The minimum Gasteiger partial charge on any atom is -0.483 e. The van der Waals surface area contributed by atoms with Crippen molar-refractivity contribution in [2.45, 2.75) is 58.7 Å². The number of hydrogen-bond acceptors (Lipinski definition) is 8. The molecule has 0 spiro atoms. The molecule has 4 heterocycles. The minimum absolute atomic E-state index is 0.107. The molecule has 4 aromatic rings. The molecule has 0 aliphatic carbocycles. The van der Waals surface area contributed by atoms with Gasteiger partial charge in [0.25, 0.3) is 0 Å². The van der Waals surface area contributed by atoms with E-state index in [9.17, 15) is 8.78 Å². The molecule has 0 bridgehead atoms. The van der Waals surface area contributed by atoms with Crippen molar-refractivity contribution in [3.8, 4) is 28.9 Å². The fourth-order valence-electron chi connectivity index (χ4n) is 3.29. The summed E-state index contributed by atoms with van der Waals surface area (Å²) in [5, 5.41) is 4.54. The van der Waals surface area contributed by atoms with Gasteiger partial charge in [0.1, 0.15) is 16.9 Å². The SMILES string of the molecule is Cn1ccnc1C(F)(F)COc1cc(-c2cnc(OC(C)(C)C)nc2OC(C)(C)C)nn2ccnc12. The van der Waals surface area contributed by atoms with Crippen LogP contribution in [-0.4, -0.2) is 51.9 Å². The zero-order valence-electron chi connectivity index (χ0n) is 21.3. The summed E-state index contributed by atoms with van der Waals surface area (Å²) < 4.78 is 49.8. The average molecular weight is 502 g/mol. The number of rotatable bonds is 7. The van der Waals surface area contributed by atoms with Crippen LogP contribution in [-0.2, 0) is 13.0 Å². The Kier molecular flexibility index (Phi) is 6.31. The first-order valence-electron chi connectivity index (χ1n) is 11.3. The Bertz CT molecular complexity index is 1370. The number of aryl methyl sites for hydroxylation is 1. The van der Waals surface area contributed by atoms with Crippen molar-refractivity contribution in [1.29, 1.82) is 0 Å². The van der Waals surface area contributed by atoms with Crippen LogP contribution in [0.25, 0.3) is 16.9 Å². The summed E-state index contributed by atoms with van der Waals surface area (Å²) in [6.07, 6.45) is 7.37. The summed E-state index contributed by atoms with van der Waals surface area (Å²) in [4.78, 5) is 16.7. The van der Waals surface area contributed by atoms with Crippen molar-refractivity contribution in [3.63, 3.8) is 0 Å². The van der Waals surface area contributed by atoms with Crippen LogP contribution in [0.2, 0.25) is 0 Å². The number of ether oxygens (including phenoxy) is 3. The fourth-order valence-corrected chi connectivity index (χ4v) is 3.29. The fraction of sp³-hybridized carbons (Fsp3) is 0.458. The first-order chi connectivity index (χ1) is 16.7.